The number of rotatable bonds is 4. The summed E-state index contributed by atoms with van der Waals surface area (Å²) in [5, 5.41) is 0.261. The van der Waals surface area contributed by atoms with Gasteiger partial charge in [-0.15, -0.1) is 0 Å². The van der Waals surface area contributed by atoms with Crippen LogP contribution in [0.15, 0.2) is 30.3 Å². The number of benzene rings is 2. The van der Waals surface area contributed by atoms with Gasteiger partial charge in [0.1, 0.15) is 10.8 Å². The van der Waals surface area contributed by atoms with Gasteiger partial charge in [0, 0.05) is 11.3 Å². The van der Waals surface area contributed by atoms with Crippen molar-refractivity contribution in [3.05, 3.63) is 52.0 Å². The van der Waals surface area contributed by atoms with Crippen molar-refractivity contribution in [2.75, 3.05) is 20.0 Å². The lowest BCUT2D eigenvalue weighted by Crippen LogP contribution is -2.08. The van der Waals surface area contributed by atoms with Crippen LogP contribution in [0.1, 0.15) is 21.5 Å². The van der Waals surface area contributed by atoms with Crippen LogP contribution in [-0.2, 0) is 0 Å². The zero-order valence-electron chi connectivity index (χ0n) is 12.1. The highest BCUT2D eigenvalue weighted by molar-refractivity contribution is 6.34. The summed E-state index contributed by atoms with van der Waals surface area (Å²) < 4.78 is 10.4. The van der Waals surface area contributed by atoms with Gasteiger partial charge in [-0.25, -0.2) is 0 Å². The fraction of sp³-hybridized carbons (Fsp3) is 0.188. The first-order valence-electron chi connectivity index (χ1n) is 6.31. The maximum atomic E-state index is 12.7. The van der Waals surface area contributed by atoms with Crippen LogP contribution in [-0.4, -0.2) is 20.0 Å². The molecule has 5 heteroatoms. The molecule has 0 heterocycles. The monoisotopic (exact) mass is 305 g/mol. The fourth-order valence-electron chi connectivity index (χ4n) is 2.10. The fourth-order valence-corrected chi connectivity index (χ4v) is 2.42. The molecule has 0 atom stereocenters. The summed E-state index contributed by atoms with van der Waals surface area (Å²) in [6.07, 6.45) is 0. The second-order valence-electron chi connectivity index (χ2n) is 4.53. The SMILES string of the molecule is COc1ccc(C(=O)c2cccc(C)c2N)c(OC)c1Cl. The molecule has 4 nitrogen and oxygen atoms in total. The van der Waals surface area contributed by atoms with Crippen LogP contribution in [0.3, 0.4) is 0 Å². The molecule has 2 N–H and O–H groups in total. The summed E-state index contributed by atoms with van der Waals surface area (Å²) in [4.78, 5) is 12.7. The van der Waals surface area contributed by atoms with Crippen molar-refractivity contribution in [3.8, 4) is 11.5 Å². The molecule has 2 aromatic rings. The summed E-state index contributed by atoms with van der Waals surface area (Å²) >= 11 is 6.18. The van der Waals surface area contributed by atoms with Crippen LogP contribution in [0, 0.1) is 6.92 Å². The van der Waals surface area contributed by atoms with Gasteiger partial charge in [0.2, 0.25) is 0 Å². The number of para-hydroxylation sites is 1. The van der Waals surface area contributed by atoms with Gasteiger partial charge in [-0.3, -0.25) is 4.79 Å². The summed E-state index contributed by atoms with van der Waals surface area (Å²) in [5.41, 5.74) is 8.06. The molecule has 110 valence electrons. The Labute approximate surface area is 128 Å². The summed E-state index contributed by atoms with van der Waals surface area (Å²) in [5.74, 6) is 0.488. The van der Waals surface area contributed by atoms with E-state index in [2.05, 4.69) is 0 Å². The average Bonchev–Trinajstić information content (AvgIpc) is 2.49. The van der Waals surface area contributed by atoms with Crippen LogP contribution < -0.4 is 15.2 Å². The molecule has 0 aromatic heterocycles. The van der Waals surface area contributed by atoms with Crippen LogP contribution in [0.25, 0.3) is 0 Å². The molecule has 2 rings (SSSR count). The number of hydrogen-bond donors (Lipinski definition) is 1. The van der Waals surface area contributed by atoms with E-state index in [0.717, 1.165) is 5.56 Å². The second kappa shape index (κ2) is 6.06. The highest BCUT2D eigenvalue weighted by Crippen LogP contribution is 2.38. The van der Waals surface area contributed by atoms with Gasteiger partial charge < -0.3 is 15.2 Å². The number of carbonyl (C=O) groups is 1. The number of hydrogen-bond acceptors (Lipinski definition) is 4. The van der Waals surface area contributed by atoms with E-state index in [1.807, 2.05) is 13.0 Å². The molecule has 0 saturated heterocycles. The Morgan fingerprint density at radius 2 is 1.81 bits per heavy atom. The van der Waals surface area contributed by atoms with E-state index in [4.69, 9.17) is 26.8 Å². The molecule has 0 fully saturated rings. The van der Waals surface area contributed by atoms with E-state index in [-0.39, 0.29) is 16.6 Å². The number of anilines is 1. The van der Waals surface area contributed by atoms with E-state index in [1.54, 1.807) is 24.3 Å². The van der Waals surface area contributed by atoms with Crippen molar-refractivity contribution in [2.45, 2.75) is 6.92 Å². The molecule has 0 aliphatic heterocycles. The Morgan fingerprint density at radius 3 is 2.43 bits per heavy atom. The highest BCUT2D eigenvalue weighted by Gasteiger charge is 2.21. The van der Waals surface area contributed by atoms with E-state index in [0.29, 0.717) is 22.6 Å². The van der Waals surface area contributed by atoms with E-state index in [9.17, 15) is 4.79 Å². The first kappa shape index (κ1) is 15.2. The van der Waals surface area contributed by atoms with Crippen LogP contribution >= 0.6 is 11.6 Å². The molecule has 21 heavy (non-hydrogen) atoms. The Morgan fingerprint density at radius 1 is 1.10 bits per heavy atom. The number of halogens is 1. The average molecular weight is 306 g/mol. The van der Waals surface area contributed by atoms with Gasteiger partial charge in [-0.05, 0) is 30.7 Å². The molecular formula is C16H16ClNO3. The first-order chi connectivity index (χ1) is 10.0. The molecule has 0 spiro atoms. The highest BCUT2D eigenvalue weighted by atomic mass is 35.5. The molecule has 0 unspecified atom stereocenters. The zero-order valence-corrected chi connectivity index (χ0v) is 12.8. The topological polar surface area (TPSA) is 61.5 Å². The lowest BCUT2D eigenvalue weighted by atomic mass is 9.98. The summed E-state index contributed by atoms with van der Waals surface area (Å²) in [6, 6.07) is 8.57. The molecule has 2 aromatic carbocycles. The molecule has 0 aliphatic carbocycles. The minimum atomic E-state index is -0.238. The maximum absolute atomic E-state index is 12.7. The standard InChI is InChI=1S/C16H16ClNO3/c1-9-5-4-6-10(14(9)18)15(19)11-7-8-12(20-2)13(17)16(11)21-3/h4-8H,18H2,1-3H3. The lowest BCUT2D eigenvalue weighted by Gasteiger charge is -2.13. The molecular weight excluding hydrogens is 290 g/mol. The van der Waals surface area contributed by atoms with Crippen molar-refractivity contribution in [2.24, 2.45) is 0 Å². The molecule has 0 aliphatic rings. The van der Waals surface area contributed by atoms with Gasteiger partial charge in [-0.2, -0.15) is 0 Å². The predicted octanol–water partition coefficient (Wildman–Crippen LogP) is 3.48. The van der Waals surface area contributed by atoms with Gasteiger partial charge in [0.25, 0.3) is 0 Å². The Balaban J connectivity index is 2.59. The second-order valence-corrected chi connectivity index (χ2v) is 4.91. The Bertz CT molecular complexity index is 698. The minimum absolute atomic E-state index is 0.238. The van der Waals surface area contributed by atoms with Gasteiger partial charge in [0.15, 0.2) is 11.5 Å². The normalized spacial score (nSPS) is 10.3. The number of ketones is 1. The Hall–Kier alpha value is -2.20. The van der Waals surface area contributed by atoms with Crippen molar-refractivity contribution in [1.29, 1.82) is 0 Å². The number of methoxy groups -OCH3 is 2. The number of nitrogens with two attached hydrogens (primary N) is 1. The number of carbonyl (C=O) groups excluding carboxylic acids is 1. The van der Waals surface area contributed by atoms with Crippen LogP contribution in [0.2, 0.25) is 5.02 Å². The van der Waals surface area contributed by atoms with E-state index < -0.39 is 0 Å². The molecule has 0 saturated carbocycles. The van der Waals surface area contributed by atoms with Crippen molar-refractivity contribution in [3.63, 3.8) is 0 Å². The summed E-state index contributed by atoms with van der Waals surface area (Å²) in [6.45, 7) is 1.85. The Kier molecular flexibility index (Phi) is 4.38. The van der Waals surface area contributed by atoms with Gasteiger partial charge >= 0.3 is 0 Å². The molecule has 0 amide bonds. The number of aryl methyl sites for hydroxylation is 1. The van der Waals surface area contributed by atoms with Gasteiger partial charge in [-0.1, -0.05) is 23.7 Å². The van der Waals surface area contributed by atoms with E-state index >= 15 is 0 Å². The van der Waals surface area contributed by atoms with Crippen molar-refractivity contribution < 1.29 is 14.3 Å². The van der Waals surface area contributed by atoms with Crippen molar-refractivity contribution in [1.82, 2.24) is 0 Å². The maximum Gasteiger partial charge on any atom is 0.198 e. The predicted molar refractivity (Wildman–Crippen MR) is 83.6 cm³/mol. The third-order valence-corrected chi connectivity index (χ3v) is 3.66. The van der Waals surface area contributed by atoms with Gasteiger partial charge in [0.05, 0.1) is 19.8 Å². The van der Waals surface area contributed by atoms with Crippen LogP contribution in [0.5, 0.6) is 11.5 Å². The first-order valence-corrected chi connectivity index (χ1v) is 6.69. The minimum Gasteiger partial charge on any atom is -0.495 e. The molecule has 0 bridgehead atoms. The zero-order chi connectivity index (χ0) is 15.6. The quantitative estimate of drug-likeness (QED) is 0.694. The number of ether oxygens (including phenoxy) is 2. The summed E-state index contributed by atoms with van der Waals surface area (Å²) in [7, 11) is 2.96. The van der Waals surface area contributed by atoms with E-state index in [1.165, 1.54) is 14.2 Å². The third-order valence-electron chi connectivity index (χ3n) is 3.30. The smallest absolute Gasteiger partial charge is 0.198 e. The third kappa shape index (κ3) is 2.67. The lowest BCUT2D eigenvalue weighted by molar-refractivity contribution is 0.103. The van der Waals surface area contributed by atoms with Crippen molar-refractivity contribution >= 4 is 23.1 Å². The molecule has 0 radical (unpaired) electrons. The number of nitrogen functional groups attached to an aromatic ring is 1. The van der Waals surface area contributed by atoms with Crippen LogP contribution in [0.4, 0.5) is 5.69 Å². The largest absolute Gasteiger partial charge is 0.495 e.